The van der Waals surface area contributed by atoms with Crippen LogP contribution in [0.15, 0.2) is 54.6 Å². The van der Waals surface area contributed by atoms with E-state index in [-0.39, 0.29) is 17.4 Å². The van der Waals surface area contributed by atoms with Gasteiger partial charge in [0.2, 0.25) is 5.91 Å². The van der Waals surface area contributed by atoms with Gasteiger partial charge >= 0.3 is 0 Å². The number of fused-ring (bicyclic) bond motifs is 1. The first-order valence-corrected chi connectivity index (χ1v) is 11.3. The lowest BCUT2D eigenvalue weighted by Crippen LogP contribution is -2.30. The summed E-state index contributed by atoms with van der Waals surface area (Å²) < 4.78 is 6.11. The largest absolute Gasteiger partial charge is 0.374 e. The monoisotopic (exact) mass is 391 g/mol. The van der Waals surface area contributed by atoms with Crippen LogP contribution in [0.4, 0.5) is 5.69 Å². The lowest BCUT2D eigenvalue weighted by atomic mass is 9.72. The summed E-state index contributed by atoms with van der Waals surface area (Å²) in [5.41, 5.74) is 1.07. The molecule has 1 aliphatic heterocycles. The van der Waals surface area contributed by atoms with Gasteiger partial charge in [-0.15, -0.1) is 0 Å². The van der Waals surface area contributed by atoms with Crippen molar-refractivity contribution in [2.75, 3.05) is 11.9 Å². The highest BCUT2D eigenvalue weighted by atomic mass is 16.5. The topological polar surface area (TPSA) is 38.3 Å². The van der Waals surface area contributed by atoms with Gasteiger partial charge in [0, 0.05) is 23.8 Å². The van der Waals surface area contributed by atoms with Gasteiger partial charge in [0.1, 0.15) is 0 Å². The second-order valence-electron chi connectivity index (χ2n) is 8.79. The standard InChI is InChI=1S/C26H33NO2/c28-25(27-23-13-12-21-10-6-7-11-22(21)20-23)15-14-24-26(18-19-29-24)16-8-4-2-1-3-5-9-17-26/h6-7,10-15,20,24H,1-5,8-9,16-19H2,(H,27,28)/b15-14+. The number of nitrogens with one attached hydrogen (secondary N) is 1. The highest BCUT2D eigenvalue weighted by Crippen LogP contribution is 2.45. The number of rotatable bonds is 3. The summed E-state index contributed by atoms with van der Waals surface area (Å²) in [5, 5.41) is 5.32. The first kappa shape index (κ1) is 20.2. The number of hydrogen-bond donors (Lipinski definition) is 1. The van der Waals surface area contributed by atoms with Crippen molar-refractivity contribution in [1.29, 1.82) is 0 Å². The Morgan fingerprint density at radius 3 is 2.34 bits per heavy atom. The van der Waals surface area contributed by atoms with Crippen molar-refractivity contribution >= 4 is 22.4 Å². The summed E-state index contributed by atoms with van der Waals surface area (Å²) in [7, 11) is 0. The molecule has 4 rings (SSSR count). The smallest absolute Gasteiger partial charge is 0.248 e. The molecule has 1 heterocycles. The van der Waals surface area contributed by atoms with Gasteiger partial charge in [-0.2, -0.15) is 0 Å². The van der Waals surface area contributed by atoms with Gasteiger partial charge in [0.15, 0.2) is 0 Å². The number of carbonyl (C=O) groups excluding carboxylic acids is 1. The fraction of sp³-hybridized carbons (Fsp3) is 0.500. The van der Waals surface area contributed by atoms with E-state index >= 15 is 0 Å². The van der Waals surface area contributed by atoms with Crippen molar-refractivity contribution in [3.8, 4) is 0 Å². The molecule has 2 aliphatic rings. The number of hydrogen-bond acceptors (Lipinski definition) is 2. The lowest BCUT2D eigenvalue weighted by molar-refractivity contribution is -0.112. The Bertz CT molecular complexity index is 847. The van der Waals surface area contributed by atoms with Crippen LogP contribution < -0.4 is 5.32 Å². The van der Waals surface area contributed by atoms with Gasteiger partial charge in [-0.25, -0.2) is 0 Å². The van der Waals surface area contributed by atoms with E-state index in [1.54, 1.807) is 6.08 Å². The normalized spacial score (nSPS) is 22.8. The lowest BCUT2D eigenvalue weighted by Gasteiger charge is -2.33. The number of carbonyl (C=O) groups is 1. The molecule has 3 heteroatoms. The molecule has 3 nitrogen and oxygen atoms in total. The molecule has 2 aromatic carbocycles. The van der Waals surface area contributed by atoms with Gasteiger partial charge < -0.3 is 10.1 Å². The van der Waals surface area contributed by atoms with E-state index in [0.717, 1.165) is 24.1 Å². The first-order valence-electron chi connectivity index (χ1n) is 11.3. The summed E-state index contributed by atoms with van der Waals surface area (Å²) in [6, 6.07) is 14.2. The number of benzene rings is 2. The maximum Gasteiger partial charge on any atom is 0.248 e. The Morgan fingerprint density at radius 2 is 1.59 bits per heavy atom. The SMILES string of the molecule is O=C(/C=C/C1OCCC12CCCCCCCCC2)Nc1ccc2ccccc2c1. The molecule has 1 N–H and O–H groups in total. The van der Waals surface area contributed by atoms with Gasteiger partial charge in [-0.1, -0.05) is 75.3 Å². The zero-order chi connectivity index (χ0) is 19.9. The predicted octanol–water partition coefficient (Wildman–Crippen LogP) is 6.63. The summed E-state index contributed by atoms with van der Waals surface area (Å²) in [6.07, 6.45) is 16.7. The number of anilines is 1. The van der Waals surface area contributed by atoms with E-state index in [2.05, 4.69) is 17.4 Å². The summed E-state index contributed by atoms with van der Waals surface area (Å²) in [5.74, 6) is -0.0780. The number of amides is 1. The van der Waals surface area contributed by atoms with E-state index in [0.29, 0.717) is 0 Å². The molecule has 1 amide bonds. The Hall–Kier alpha value is -2.13. The van der Waals surface area contributed by atoms with Gasteiger partial charge in [0.05, 0.1) is 6.10 Å². The molecule has 2 aromatic rings. The number of ether oxygens (including phenoxy) is 1. The van der Waals surface area contributed by atoms with E-state index in [1.165, 1.54) is 63.2 Å². The van der Waals surface area contributed by atoms with Crippen LogP contribution in [0, 0.1) is 5.41 Å². The second kappa shape index (κ2) is 9.58. The van der Waals surface area contributed by atoms with Crippen LogP contribution in [0.5, 0.6) is 0 Å². The molecule has 1 atom stereocenters. The molecule has 1 spiro atoms. The Balaban J connectivity index is 1.41. The predicted molar refractivity (Wildman–Crippen MR) is 120 cm³/mol. The van der Waals surface area contributed by atoms with Crippen molar-refractivity contribution in [3.05, 3.63) is 54.6 Å². The minimum atomic E-state index is -0.0780. The molecule has 1 saturated carbocycles. The summed E-state index contributed by atoms with van der Waals surface area (Å²) in [6.45, 7) is 0.821. The second-order valence-corrected chi connectivity index (χ2v) is 8.79. The molecule has 29 heavy (non-hydrogen) atoms. The van der Waals surface area contributed by atoms with Crippen molar-refractivity contribution in [2.24, 2.45) is 5.41 Å². The van der Waals surface area contributed by atoms with Crippen LogP contribution in [-0.2, 0) is 9.53 Å². The zero-order valence-electron chi connectivity index (χ0n) is 17.4. The molecule has 0 bridgehead atoms. The molecule has 1 saturated heterocycles. The zero-order valence-corrected chi connectivity index (χ0v) is 17.4. The van der Waals surface area contributed by atoms with Crippen molar-refractivity contribution in [3.63, 3.8) is 0 Å². The highest BCUT2D eigenvalue weighted by molar-refractivity contribution is 6.00. The third-order valence-corrected chi connectivity index (χ3v) is 6.79. The first-order chi connectivity index (χ1) is 14.3. The summed E-state index contributed by atoms with van der Waals surface area (Å²) in [4.78, 5) is 12.5. The van der Waals surface area contributed by atoms with Crippen molar-refractivity contribution in [1.82, 2.24) is 0 Å². The van der Waals surface area contributed by atoms with Gasteiger partial charge in [-0.05, 0) is 48.2 Å². The third-order valence-electron chi connectivity index (χ3n) is 6.79. The molecule has 1 aliphatic carbocycles. The summed E-state index contributed by atoms with van der Waals surface area (Å²) >= 11 is 0. The Morgan fingerprint density at radius 1 is 0.897 bits per heavy atom. The van der Waals surface area contributed by atoms with Crippen LogP contribution in [0.25, 0.3) is 10.8 Å². The van der Waals surface area contributed by atoms with E-state index < -0.39 is 0 Å². The van der Waals surface area contributed by atoms with Crippen molar-refractivity contribution in [2.45, 2.75) is 70.3 Å². The fourth-order valence-electron chi connectivity index (χ4n) is 5.09. The average molecular weight is 392 g/mol. The van der Waals surface area contributed by atoms with Crippen LogP contribution in [0.2, 0.25) is 0 Å². The van der Waals surface area contributed by atoms with E-state index in [1.807, 2.05) is 36.4 Å². The van der Waals surface area contributed by atoms with Crippen LogP contribution in [0.1, 0.15) is 64.2 Å². The molecule has 154 valence electrons. The van der Waals surface area contributed by atoms with Crippen LogP contribution in [-0.4, -0.2) is 18.6 Å². The fourth-order valence-corrected chi connectivity index (χ4v) is 5.09. The van der Waals surface area contributed by atoms with Gasteiger partial charge in [0.25, 0.3) is 0 Å². The molecule has 2 fully saturated rings. The van der Waals surface area contributed by atoms with Crippen LogP contribution in [0.3, 0.4) is 0 Å². The Labute approximate surface area is 174 Å². The minimum Gasteiger partial charge on any atom is -0.374 e. The van der Waals surface area contributed by atoms with E-state index in [9.17, 15) is 4.79 Å². The third kappa shape index (κ3) is 5.08. The Kier molecular flexibility index (Phi) is 6.66. The van der Waals surface area contributed by atoms with Gasteiger partial charge in [-0.3, -0.25) is 4.79 Å². The molecular weight excluding hydrogens is 358 g/mol. The highest BCUT2D eigenvalue weighted by Gasteiger charge is 2.41. The average Bonchev–Trinajstić information content (AvgIpc) is 3.14. The quantitative estimate of drug-likeness (QED) is 0.596. The van der Waals surface area contributed by atoms with Crippen molar-refractivity contribution < 1.29 is 9.53 Å². The van der Waals surface area contributed by atoms with E-state index in [4.69, 9.17) is 4.74 Å². The molecule has 0 aromatic heterocycles. The molecule has 1 unspecified atom stereocenters. The minimum absolute atomic E-state index is 0.0734. The molecular formula is C26H33NO2. The van der Waals surface area contributed by atoms with Crippen LogP contribution >= 0.6 is 0 Å². The maximum atomic E-state index is 12.5. The maximum absolute atomic E-state index is 12.5. The molecule has 0 radical (unpaired) electrons.